The molecule has 6 aliphatic rings. The van der Waals surface area contributed by atoms with Crippen LogP contribution in [0.15, 0.2) is 121 Å². The zero-order valence-corrected chi connectivity index (χ0v) is 73.0. The van der Waals surface area contributed by atoms with Crippen LogP contribution in [0.3, 0.4) is 0 Å². The van der Waals surface area contributed by atoms with Crippen molar-refractivity contribution in [3.8, 4) is 0 Å². The molecule has 0 unspecified atom stereocenters. The monoisotopic (exact) mass is 1790 g/mol. The van der Waals surface area contributed by atoms with E-state index in [1.807, 2.05) is 63.2 Å². The zero-order chi connectivity index (χ0) is 90.0. The number of rotatable bonds is 23. The first-order valence-corrected chi connectivity index (χ1v) is 41.6. The Hall–Kier alpha value is -9.06. The van der Waals surface area contributed by atoms with Crippen LogP contribution in [0.4, 0.5) is 0 Å². The summed E-state index contributed by atoms with van der Waals surface area (Å²) in [6.45, 7) is 20.5. The van der Waals surface area contributed by atoms with E-state index in [2.05, 4.69) is 34.1 Å². The van der Waals surface area contributed by atoms with Gasteiger partial charge in [0.1, 0.15) is 48.8 Å². The number of carbonyl (C=O) groups excluding carboxylic acids is 10. The second kappa shape index (κ2) is 45.2. The maximum absolute atomic E-state index is 12.1. The summed E-state index contributed by atoms with van der Waals surface area (Å²) in [6.07, 6.45) is -17.5. The van der Waals surface area contributed by atoms with Crippen LogP contribution in [-0.2, 0) is 151 Å². The summed E-state index contributed by atoms with van der Waals surface area (Å²) in [7, 11) is 0. The van der Waals surface area contributed by atoms with Gasteiger partial charge in [0.25, 0.3) is 0 Å². The van der Waals surface area contributed by atoms with E-state index < -0.39 is 182 Å². The molecule has 4 saturated heterocycles. The normalized spacial score (nSPS) is 27.0. The highest BCUT2D eigenvalue weighted by Gasteiger charge is 2.55. The number of aldehydes is 1. The second-order valence-electron chi connectivity index (χ2n) is 30.4. The summed E-state index contributed by atoms with van der Waals surface area (Å²) < 4.78 is 73.5. The minimum Gasteiger partial charge on any atom is -0.456 e. The first-order valence-electron chi connectivity index (χ1n) is 40.1. The van der Waals surface area contributed by atoms with Crippen molar-refractivity contribution in [1.82, 2.24) is 9.80 Å². The molecule has 6 aliphatic heterocycles. The van der Waals surface area contributed by atoms with E-state index in [1.54, 1.807) is 42.5 Å². The largest absolute Gasteiger partial charge is 0.456 e. The summed E-state index contributed by atoms with van der Waals surface area (Å²) in [4.78, 5) is 122. The Balaban J connectivity index is 0.000000187. The molecule has 6 aromatic rings. The fourth-order valence-corrected chi connectivity index (χ4v) is 16.6. The van der Waals surface area contributed by atoms with Crippen molar-refractivity contribution in [3.05, 3.63) is 208 Å². The lowest BCUT2D eigenvalue weighted by Gasteiger charge is -2.45. The van der Waals surface area contributed by atoms with Gasteiger partial charge in [-0.2, -0.15) is 0 Å². The summed E-state index contributed by atoms with van der Waals surface area (Å²) in [5.74, 6) is -5.39. The molecule has 6 aromatic carbocycles. The van der Waals surface area contributed by atoms with Crippen LogP contribution in [0.2, 0.25) is 20.1 Å². The molecule has 5 N–H and O–H groups in total. The smallest absolute Gasteiger partial charge is 0.303 e. The fraction of sp³-hybridized carbons (Fsp3) is 0.483. The van der Waals surface area contributed by atoms with Crippen LogP contribution < -0.4 is 0 Å². The minimum absolute atomic E-state index is 0.230. The third-order valence-corrected chi connectivity index (χ3v) is 22.6. The zero-order valence-electron chi connectivity index (χ0n) is 70.0. The Bertz CT molecular complexity index is 4670. The number of nitrogens with zero attached hydrogens (tertiary/aromatic N) is 2. The average molecular weight is 1790 g/mol. The van der Waals surface area contributed by atoms with E-state index in [1.165, 1.54) is 96.7 Å². The van der Waals surface area contributed by atoms with E-state index in [9.17, 15) is 73.5 Å². The van der Waals surface area contributed by atoms with Crippen molar-refractivity contribution >= 4 is 106 Å². The Morgan fingerprint density at radius 1 is 0.350 bits per heavy atom. The molecule has 34 heteroatoms. The summed E-state index contributed by atoms with van der Waals surface area (Å²) in [6, 6.07) is 37.1. The lowest BCUT2D eigenvalue weighted by atomic mass is 9.89. The molecule has 0 amide bonds. The molecule has 0 spiro atoms. The van der Waals surface area contributed by atoms with Crippen LogP contribution in [0.1, 0.15) is 198 Å². The molecule has 0 bridgehead atoms. The van der Waals surface area contributed by atoms with Gasteiger partial charge in [-0.15, -0.1) is 0 Å². The quantitative estimate of drug-likeness (QED) is 0.0226. The first kappa shape index (κ1) is 97.7. The maximum Gasteiger partial charge on any atom is 0.303 e. The topological polar surface area (TPSA) is 398 Å². The number of fused-ring (bicyclic) bond motifs is 2. The summed E-state index contributed by atoms with van der Waals surface area (Å²) >= 11 is 25.1. The highest BCUT2D eigenvalue weighted by atomic mass is 35.5. The standard InChI is InChI=1S/C28H32ClNO7.C21H24ClNO5.C20H25ClO8.C20H23ClO8/c1-5-24-26(34-16(2)31)28(36-18(4)33)27(35-17(3)32)25(37-24)19-10-11-23(29)22(12-19)15-30-13-20-8-6-7-9-21(20)14-30;22-16-6-5-12(21-20(27)19(26)18(25)17(11-24)28-21)7-15(16)10-23-8-13-3-1-2-4-14(13)9-23;2*1-5-16-18(26-10(2)23)20(28-12(4)25)19(27-11(3)24)17(29-16)13-6-7-15(21)14(8-13)9-22/h6-12,24-28H,5,13-15H2,1-4H3;1-7,17-21,24-27H,8-11H2;6-8,16-20,22H,5,9H2,1-4H3;6-9,16-20H,5H2,1-4H3/t24-,25+,26-,27+,28+;17-,18-,19+,20-,21+;2*16-,17+,18-,19+,20+/m1111/s1. The molecular weight excluding hydrogens is 1690 g/mol. The molecule has 4 fully saturated rings. The van der Waals surface area contributed by atoms with Crippen LogP contribution >= 0.6 is 46.4 Å². The summed E-state index contributed by atoms with van der Waals surface area (Å²) in [5.41, 5.74) is 10.1. The van der Waals surface area contributed by atoms with E-state index in [4.69, 9.17) is 108 Å². The van der Waals surface area contributed by atoms with Gasteiger partial charge in [-0.3, -0.25) is 57.7 Å². The number of aliphatic hydroxyl groups excluding tert-OH is 5. The van der Waals surface area contributed by atoms with Crippen molar-refractivity contribution in [1.29, 1.82) is 0 Å². The second-order valence-corrected chi connectivity index (χ2v) is 32.0. The van der Waals surface area contributed by atoms with Gasteiger partial charge in [0.15, 0.2) is 61.2 Å². The fourth-order valence-electron chi connectivity index (χ4n) is 15.9. The number of aliphatic hydroxyl groups is 5. The van der Waals surface area contributed by atoms with Gasteiger partial charge in [-0.1, -0.05) is 152 Å². The lowest BCUT2D eigenvalue weighted by molar-refractivity contribution is -0.249. The Morgan fingerprint density at radius 3 is 0.911 bits per heavy atom. The Kier molecular flexibility index (Phi) is 35.9. The first-order chi connectivity index (χ1) is 58.5. The number of hydrogen-bond donors (Lipinski definition) is 5. The van der Waals surface area contributed by atoms with Gasteiger partial charge in [-0.05, 0) is 117 Å². The number of ether oxygens (including phenoxy) is 13. The number of benzene rings is 6. The third-order valence-electron chi connectivity index (χ3n) is 21.2. The van der Waals surface area contributed by atoms with Gasteiger partial charge >= 0.3 is 53.7 Å². The Labute approximate surface area is 732 Å². The predicted molar refractivity (Wildman–Crippen MR) is 442 cm³/mol. The Morgan fingerprint density at radius 2 is 0.618 bits per heavy atom. The van der Waals surface area contributed by atoms with Crippen molar-refractivity contribution in [2.75, 3.05) is 6.61 Å². The van der Waals surface area contributed by atoms with Crippen molar-refractivity contribution < 1.29 is 135 Å². The highest BCUT2D eigenvalue weighted by Crippen LogP contribution is 2.45. The van der Waals surface area contributed by atoms with E-state index in [0.29, 0.717) is 76.0 Å². The van der Waals surface area contributed by atoms with Crippen LogP contribution in [0, 0.1) is 0 Å². The SMILES string of the molecule is CC[C@H]1O[C@@H](c2ccc(Cl)c(C=O)c2)[C@H](OC(C)=O)[C@@H](OC(C)=O)[C@@H]1OC(C)=O.CC[C@H]1O[C@@H](c2ccc(Cl)c(CN3Cc4ccccc4C3)c2)[C@H](OC(C)=O)[C@@H](OC(C)=O)[C@@H]1OC(C)=O.CC[C@H]1O[C@@H](c2ccc(Cl)c(CO)c2)[C@H](OC(C)=O)[C@@H](OC(C)=O)[C@@H]1OC(C)=O.OC[C@H]1O[C@@H](c2ccc(Cl)c(CN3Cc4ccccc4C3)c2)[C@H](O)[C@@H](O)[C@@H]1O. The van der Waals surface area contributed by atoms with E-state index in [0.717, 1.165) is 42.9 Å². The number of halogens is 4. The van der Waals surface area contributed by atoms with Crippen LogP contribution in [-0.4, -0.2) is 200 Å². The maximum atomic E-state index is 12.1. The van der Waals surface area contributed by atoms with Gasteiger partial charge in [0.2, 0.25) is 0 Å². The number of carbonyl (C=O) groups is 10. The van der Waals surface area contributed by atoms with Gasteiger partial charge < -0.3 is 87.1 Å². The summed E-state index contributed by atoms with van der Waals surface area (Å²) in [5, 5.41) is 51.2. The van der Waals surface area contributed by atoms with Crippen molar-refractivity contribution in [3.63, 3.8) is 0 Å². The highest BCUT2D eigenvalue weighted by molar-refractivity contribution is 6.33. The molecule has 20 atom stereocenters. The number of esters is 9. The molecule has 0 aromatic heterocycles. The molecule has 666 valence electrons. The third kappa shape index (κ3) is 25.6. The van der Waals surface area contributed by atoms with Crippen molar-refractivity contribution in [2.24, 2.45) is 0 Å². The molecule has 123 heavy (non-hydrogen) atoms. The molecule has 12 rings (SSSR count). The van der Waals surface area contributed by atoms with Crippen molar-refractivity contribution in [2.45, 2.75) is 270 Å². The lowest BCUT2D eigenvalue weighted by Crippen LogP contribution is -2.58. The molecule has 0 saturated carbocycles. The van der Waals surface area contributed by atoms with E-state index in [-0.39, 0.29) is 17.2 Å². The molecular formula is C89H104Cl4N2O28. The average Bonchev–Trinajstić information content (AvgIpc) is 1.42. The molecule has 6 heterocycles. The minimum atomic E-state index is -1.40. The molecule has 30 nitrogen and oxygen atoms in total. The van der Waals surface area contributed by atoms with Gasteiger partial charge in [0, 0.05) is 122 Å². The van der Waals surface area contributed by atoms with Crippen LogP contribution in [0.5, 0.6) is 0 Å². The molecule has 0 radical (unpaired) electrons. The predicted octanol–water partition coefficient (Wildman–Crippen LogP) is 11.1. The van der Waals surface area contributed by atoms with E-state index >= 15 is 0 Å². The van der Waals surface area contributed by atoms with Crippen LogP contribution in [0.25, 0.3) is 0 Å². The van der Waals surface area contributed by atoms with Gasteiger partial charge in [-0.25, -0.2) is 0 Å². The molecule has 0 aliphatic carbocycles. The van der Waals surface area contributed by atoms with Gasteiger partial charge in [0.05, 0.1) is 36.5 Å². The number of hydrogen-bond acceptors (Lipinski definition) is 30.